The monoisotopic (exact) mass is 260 g/mol. The van der Waals surface area contributed by atoms with Crippen LogP contribution >= 0.6 is 0 Å². The van der Waals surface area contributed by atoms with E-state index in [1.807, 2.05) is 13.0 Å². The molecule has 0 saturated carbocycles. The zero-order chi connectivity index (χ0) is 13.7. The Morgan fingerprint density at radius 1 is 1.53 bits per heavy atom. The van der Waals surface area contributed by atoms with Gasteiger partial charge in [-0.25, -0.2) is 9.67 Å². The summed E-state index contributed by atoms with van der Waals surface area (Å²) < 4.78 is 6.86. The Morgan fingerprint density at radius 2 is 2.37 bits per heavy atom. The maximum Gasteiger partial charge on any atom is 0.253 e. The lowest BCUT2D eigenvalue weighted by atomic mass is 10.3. The smallest absolute Gasteiger partial charge is 0.253 e. The normalized spacial score (nSPS) is 12.1. The Morgan fingerprint density at radius 3 is 2.95 bits per heavy atom. The largest absolute Gasteiger partial charge is 0.369 e. The second-order valence-electron chi connectivity index (χ2n) is 3.94. The molecule has 0 saturated heterocycles. The molecular weight excluding hydrogens is 244 g/mol. The summed E-state index contributed by atoms with van der Waals surface area (Å²) in [7, 11) is 0. The number of hydrogen-bond acceptors (Lipinski definition) is 4. The summed E-state index contributed by atoms with van der Waals surface area (Å²) in [6.45, 7) is 4.07. The van der Waals surface area contributed by atoms with E-state index in [0.29, 0.717) is 18.1 Å². The first-order valence-corrected chi connectivity index (χ1v) is 6.09. The lowest BCUT2D eigenvalue weighted by molar-refractivity contribution is -0.126. The molecule has 0 aliphatic rings. The minimum absolute atomic E-state index is 0.185. The van der Waals surface area contributed by atoms with E-state index in [-0.39, 0.29) is 5.91 Å². The van der Waals surface area contributed by atoms with Gasteiger partial charge in [0.25, 0.3) is 5.91 Å². The highest BCUT2D eigenvalue weighted by molar-refractivity contribution is 5.93. The topological polar surface area (TPSA) is 69.0 Å². The molecule has 0 fully saturated rings. The first-order chi connectivity index (χ1) is 9.20. The van der Waals surface area contributed by atoms with E-state index < -0.39 is 6.10 Å². The van der Waals surface area contributed by atoms with Gasteiger partial charge in [0.05, 0.1) is 11.9 Å². The van der Waals surface area contributed by atoms with E-state index in [1.165, 1.54) is 0 Å². The van der Waals surface area contributed by atoms with Gasteiger partial charge in [-0.15, -0.1) is 0 Å². The molecule has 0 aliphatic heterocycles. The number of anilines is 1. The molecule has 2 aromatic heterocycles. The summed E-state index contributed by atoms with van der Waals surface area (Å²) in [5.74, 6) is 0.511. The fourth-order valence-electron chi connectivity index (χ4n) is 1.57. The molecule has 100 valence electrons. The van der Waals surface area contributed by atoms with Gasteiger partial charge in [-0.1, -0.05) is 0 Å². The summed E-state index contributed by atoms with van der Waals surface area (Å²) in [6, 6.07) is 5.38. The van der Waals surface area contributed by atoms with Crippen LogP contribution in [-0.2, 0) is 9.53 Å². The molecule has 1 atom stereocenters. The molecule has 6 heteroatoms. The maximum atomic E-state index is 11.7. The third-order valence-corrected chi connectivity index (χ3v) is 2.54. The SMILES string of the molecule is CCO[C@H](C)C(=O)Nc1ccc(-n2cccn2)nc1. The highest BCUT2D eigenvalue weighted by Gasteiger charge is 2.12. The molecule has 0 aliphatic carbocycles. The van der Waals surface area contributed by atoms with Crippen LogP contribution in [0.3, 0.4) is 0 Å². The summed E-state index contributed by atoms with van der Waals surface area (Å²) >= 11 is 0. The molecule has 19 heavy (non-hydrogen) atoms. The van der Waals surface area contributed by atoms with E-state index >= 15 is 0 Å². The summed E-state index contributed by atoms with van der Waals surface area (Å²) in [4.78, 5) is 16.0. The number of amides is 1. The molecule has 0 unspecified atom stereocenters. The van der Waals surface area contributed by atoms with E-state index in [1.54, 1.807) is 42.3 Å². The molecule has 2 heterocycles. The standard InChI is InChI=1S/C13H16N4O2/c1-3-19-10(2)13(18)16-11-5-6-12(14-9-11)17-8-4-7-15-17/h4-10H,3H2,1-2H3,(H,16,18)/t10-/m1/s1. The lowest BCUT2D eigenvalue weighted by Crippen LogP contribution is -2.27. The van der Waals surface area contributed by atoms with Crippen LogP contribution in [0.4, 0.5) is 5.69 Å². The molecule has 0 aromatic carbocycles. The first-order valence-electron chi connectivity index (χ1n) is 6.09. The number of ether oxygens (including phenoxy) is 1. The third kappa shape index (κ3) is 3.38. The number of nitrogens with one attached hydrogen (secondary N) is 1. The molecule has 2 aromatic rings. The molecule has 0 spiro atoms. The quantitative estimate of drug-likeness (QED) is 0.887. The van der Waals surface area contributed by atoms with E-state index in [9.17, 15) is 4.79 Å². The van der Waals surface area contributed by atoms with Crippen LogP contribution in [-0.4, -0.2) is 33.4 Å². The average Bonchev–Trinajstić information content (AvgIpc) is 2.94. The molecule has 6 nitrogen and oxygen atoms in total. The van der Waals surface area contributed by atoms with Crippen LogP contribution in [0, 0.1) is 0 Å². The molecule has 1 amide bonds. The number of carbonyl (C=O) groups is 1. The van der Waals surface area contributed by atoms with Crippen LogP contribution in [0.5, 0.6) is 0 Å². The van der Waals surface area contributed by atoms with Crippen molar-refractivity contribution in [3.05, 3.63) is 36.8 Å². The Kier molecular flexibility index (Phi) is 4.25. The number of nitrogens with zero attached hydrogens (tertiary/aromatic N) is 3. The predicted octanol–water partition coefficient (Wildman–Crippen LogP) is 1.63. The van der Waals surface area contributed by atoms with Gasteiger partial charge in [0.1, 0.15) is 6.10 Å². The van der Waals surface area contributed by atoms with Gasteiger partial charge in [-0.2, -0.15) is 5.10 Å². The Hall–Kier alpha value is -2.21. The lowest BCUT2D eigenvalue weighted by Gasteiger charge is -2.12. The fraction of sp³-hybridized carbons (Fsp3) is 0.308. The van der Waals surface area contributed by atoms with Crippen LogP contribution in [0.2, 0.25) is 0 Å². The average molecular weight is 260 g/mol. The molecular formula is C13H16N4O2. The van der Waals surface area contributed by atoms with Crippen molar-refractivity contribution >= 4 is 11.6 Å². The number of carbonyl (C=O) groups excluding carboxylic acids is 1. The van der Waals surface area contributed by atoms with Gasteiger partial charge in [0.2, 0.25) is 0 Å². The van der Waals surface area contributed by atoms with Gasteiger partial charge < -0.3 is 10.1 Å². The summed E-state index contributed by atoms with van der Waals surface area (Å²) in [6.07, 6.45) is 4.60. The van der Waals surface area contributed by atoms with E-state index in [0.717, 1.165) is 0 Å². The van der Waals surface area contributed by atoms with Gasteiger partial charge in [0, 0.05) is 19.0 Å². The van der Waals surface area contributed by atoms with Crippen molar-refractivity contribution in [1.29, 1.82) is 0 Å². The van der Waals surface area contributed by atoms with Crippen LogP contribution in [0.15, 0.2) is 36.8 Å². The number of aromatic nitrogens is 3. The van der Waals surface area contributed by atoms with Crippen molar-refractivity contribution in [1.82, 2.24) is 14.8 Å². The molecule has 2 rings (SSSR count). The number of rotatable bonds is 5. The van der Waals surface area contributed by atoms with Crippen LogP contribution in [0.25, 0.3) is 5.82 Å². The maximum absolute atomic E-state index is 11.7. The first kappa shape index (κ1) is 13.2. The van der Waals surface area contributed by atoms with Gasteiger partial charge >= 0.3 is 0 Å². The molecule has 0 bridgehead atoms. The van der Waals surface area contributed by atoms with Gasteiger partial charge in [-0.3, -0.25) is 4.79 Å². The minimum atomic E-state index is -0.476. The fourth-order valence-corrected chi connectivity index (χ4v) is 1.57. The zero-order valence-electron chi connectivity index (χ0n) is 10.9. The Labute approximate surface area is 111 Å². The van der Waals surface area contributed by atoms with Crippen LogP contribution in [0.1, 0.15) is 13.8 Å². The van der Waals surface area contributed by atoms with Gasteiger partial charge in [0.15, 0.2) is 5.82 Å². The zero-order valence-corrected chi connectivity index (χ0v) is 10.9. The summed E-state index contributed by atoms with van der Waals surface area (Å²) in [5.41, 5.74) is 0.632. The second-order valence-corrected chi connectivity index (χ2v) is 3.94. The highest BCUT2D eigenvalue weighted by Crippen LogP contribution is 2.09. The van der Waals surface area contributed by atoms with Crippen molar-refractivity contribution in [3.8, 4) is 5.82 Å². The van der Waals surface area contributed by atoms with Crippen molar-refractivity contribution in [2.75, 3.05) is 11.9 Å². The Balaban J connectivity index is 2.01. The summed E-state index contributed by atoms with van der Waals surface area (Å²) in [5, 5.41) is 6.82. The van der Waals surface area contributed by atoms with Crippen molar-refractivity contribution in [2.45, 2.75) is 20.0 Å². The Bertz CT molecular complexity index is 522. The van der Waals surface area contributed by atoms with Crippen molar-refractivity contribution < 1.29 is 9.53 Å². The molecule has 0 radical (unpaired) electrons. The minimum Gasteiger partial charge on any atom is -0.369 e. The predicted molar refractivity (Wildman–Crippen MR) is 71.1 cm³/mol. The van der Waals surface area contributed by atoms with E-state index in [4.69, 9.17) is 4.74 Å². The second kappa shape index (κ2) is 6.10. The number of pyridine rings is 1. The highest BCUT2D eigenvalue weighted by atomic mass is 16.5. The van der Waals surface area contributed by atoms with Crippen molar-refractivity contribution in [3.63, 3.8) is 0 Å². The van der Waals surface area contributed by atoms with Crippen LogP contribution < -0.4 is 5.32 Å². The van der Waals surface area contributed by atoms with E-state index in [2.05, 4.69) is 15.4 Å². The number of hydrogen-bond donors (Lipinski definition) is 1. The third-order valence-electron chi connectivity index (χ3n) is 2.54. The van der Waals surface area contributed by atoms with Crippen molar-refractivity contribution in [2.24, 2.45) is 0 Å². The van der Waals surface area contributed by atoms with Gasteiger partial charge in [-0.05, 0) is 32.0 Å². The molecule has 1 N–H and O–H groups in total.